The number of aliphatic imine (C=N–C) groups is 1. The third kappa shape index (κ3) is 1.58. The first-order valence-corrected chi connectivity index (χ1v) is 2.85. The second kappa shape index (κ2) is 3.00. The van der Waals surface area contributed by atoms with Gasteiger partial charge in [0.2, 0.25) is 0 Å². The maximum atomic E-state index is 10.3. The summed E-state index contributed by atoms with van der Waals surface area (Å²) in [4.78, 5) is 13.9. The van der Waals surface area contributed by atoms with E-state index in [4.69, 9.17) is 9.84 Å². The van der Waals surface area contributed by atoms with Crippen molar-refractivity contribution < 1.29 is 14.6 Å². The molecule has 1 rings (SSSR count). The summed E-state index contributed by atoms with van der Waals surface area (Å²) in [5.74, 6) is -0.960. The van der Waals surface area contributed by atoms with Gasteiger partial charge in [-0.15, -0.1) is 0 Å². The van der Waals surface area contributed by atoms with Crippen LogP contribution < -0.4 is 0 Å². The Labute approximate surface area is 57.8 Å². The first-order valence-electron chi connectivity index (χ1n) is 2.85. The van der Waals surface area contributed by atoms with Crippen molar-refractivity contribution in [1.29, 1.82) is 0 Å². The molecule has 1 N–H and O–H groups in total. The van der Waals surface area contributed by atoms with Crippen LogP contribution >= 0.6 is 0 Å². The highest BCUT2D eigenvalue weighted by Gasteiger charge is 2.16. The van der Waals surface area contributed by atoms with Gasteiger partial charge in [-0.25, -0.2) is 9.79 Å². The molecule has 0 spiro atoms. The van der Waals surface area contributed by atoms with Crippen molar-refractivity contribution in [2.45, 2.75) is 12.5 Å². The Bertz CT molecular complexity index is 171. The lowest BCUT2D eigenvalue weighted by Crippen LogP contribution is -2.21. The van der Waals surface area contributed by atoms with E-state index in [1.54, 1.807) is 6.08 Å². The zero-order chi connectivity index (χ0) is 7.40. The van der Waals surface area contributed by atoms with E-state index in [2.05, 4.69) is 4.99 Å². The average molecular weight is 141 g/mol. The molecule has 0 saturated heterocycles. The summed E-state index contributed by atoms with van der Waals surface area (Å²) in [5.41, 5.74) is 0. The van der Waals surface area contributed by atoms with Crippen LogP contribution in [0.25, 0.3) is 0 Å². The molecule has 0 aliphatic carbocycles. The second-order valence-electron chi connectivity index (χ2n) is 1.84. The number of carbonyl (C=O) groups is 1. The number of nitrogens with zero attached hydrogens (tertiary/aromatic N) is 1. The van der Waals surface area contributed by atoms with E-state index in [0.29, 0.717) is 6.42 Å². The van der Waals surface area contributed by atoms with E-state index in [-0.39, 0.29) is 0 Å². The van der Waals surface area contributed by atoms with Gasteiger partial charge in [0.05, 0.1) is 0 Å². The van der Waals surface area contributed by atoms with Crippen molar-refractivity contribution in [3.8, 4) is 0 Å². The zero-order valence-corrected chi connectivity index (χ0v) is 5.23. The molecule has 10 heavy (non-hydrogen) atoms. The molecule has 4 nitrogen and oxygen atoms in total. The Morgan fingerprint density at radius 2 is 2.60 bits per heavy atom. The van der Waals surface area contributed by atoms with Crippen LogP contribution in [-0.4, -0.2) is 23.6 Å². The quantitative estimate of drug-likeness (QED) is 0.575. The number of aliphatic carboxylic acids is 1. The highest BCUT2D eigenvalue weighted by molar-refractivity contribution is 5.74. The summed E-state index contributed by atoms with van der Waals surface area (Å²) < 4.78 is 4.71. The summed E-state index contributed by atoms with van der Waals surface area (Å²) in [7, 11) is 0. The highest BCUT2D eigenvalue weighted by atomic mass is 16.5. The van der Waals surface area contributed by atoms with Crippen LogP contribution in [0, 0.1) is 0 Å². The fraction of sp³-hybridized carbons (Fsp3) is 0.333. The van der Waals surface area contributed by atoms with Gasteiger partial charge >= 0.3 is 5.97 Å². The monoisotopic (exact) mass is 141 g/mol. The van der Waals surface area contributed by atoms with Gasteiger partial charge in [-0.05, 0) is 0 Å². The fourth-order valence-corrected chi connectivity index (χ4v) is 0.604. The van der Waals surface area contributed by atoms with Gasteiger partial charge in [0.25, 0.3) is 0 Å². The van der Waals surface area contributed by atoms with Crippen LogP contribution in [0.4, 0.5) is 0 Å². The van der Waals surface area contributed by atoms with E-state index < -0.39 is 12.1 Å². The van der Waals surface area contributed by atoms with E-state index in [9.17, 15) is 4.79 Å². The van der Waals surface area contributed by atoms with Crippen molar-refractivity contribution in [3.63, 3.8) is 0 Å². The van der Waals surface area contributed by atoms with Crippen molar-refractivity contribution >= 4 is 12.4 Å². The smallest absolute Gasteiger partial charge is 0.345 e. The largest absolute Gasteiger partial charge is 0.478 e. The van der Waals surface area contributed by atoms with E-state index >= 15 is 0 Å². The number of ether oxygens (including phenoxy) is 1. The lowest BCUT2D eigenvalue weighted by molar-refractivity contribution is -0.145. The summed E-state index contributed by atoms with van der Waals surface area (Å²) in [6.07, 6.45) is 3.91. The van der Waals surface area contributed by atoms with Crippen molar-refractivity contribution in [1.82, 2.24) is 0 Å². The number of hydrogen-bond acceptors (Lipinski definition) is 3. The standard InChI is InChI=1S/C6H7NO3/c8-6(9)5-2-1-3-7-4-10-5/h1,3-5H,2H2,(H,8,9). The molecule has 1 unspecified atom stereocenters. The number of carboxylic acids is 1. The summed E-state index contributed by atoms with van der Waals surface area (Å²) in [6.45, 7) is 0. The topological polar surface area (TPSA) is 58.9 Å². The van der Waals surface area contributed by atoms with Gasteiger partial charge in [0, 0.05) is 12.6 Å². The van der Waals surface area contributed by atoms with Crippen LogP contribution in [0.2, 0.25) is 0 Å². The van der Waals surface area contributed by atoms with Crippen molar-refractivity contribution in [3.05, 3.63) is 12.3 Å². The van der Waals surface area contributed by atoms with Crippen LogP contribution in [0.5, 0.6) is 0 Å². The molecule has 0 bridgehead atoms. The number of hydrogen-bond donors (Lipinski definition) is 1. The highest BCUT2D eigenvalue weighted by Crippen LogP contribution is 2.01. The minimum absolute atomic E-state index is 0.370. The predicted octanol–water partition coefficient (Wildman–Crippen LogP) is 0.402. The third-order valence-electron chi connectivity index (χ3n) is 1.10. The molecule has 1 atom stereocenters. The SMILES string of the molecule is O=C(O)C1CC=CN=CO1. The van der Waals surface area contributed by atoms with Crippen molar-refractivity contribution in [2.75, 3.05) is 0 Å². The van der Waals surface area contributed by atoms with Crippen LogP contribution in [0.3, 0.4) is 0 Å². The minimum atomic E-state index is -0.960. The van der Waals surface area contributed by atoms with Crippen LogP contribution in [0.15, 0.2) is 17.3 Å². The van der Waals surface area contributed by atoms with Gasteiger partial charge in [-0.1, -0.05) is 6.08 Å². The maximum Gasteiger partial charge on any atom is 0.345 e. The Morgan fingerprint density at radius 3 is 3.30 bits per heavy atom. The number of rotatable bonds is 1. The predicted molar refractivity (Wildman–Crippen MR) is 34.8 cm³/mol. The van der Waals surface area contributed by atoms with Gasteiger partial charge < -0.3 is 9.84 Å². The zero-order valence-electron chi connectivity index (χ0n) is 5.23. The molecule has 0 amide bonds. The molecule has 0 fully saturated rings. The molecule has 1 aliphatic rings. The van der Waals surface area contributed by atoms with E-state index in [1.165, 1.54) is 6.20 Å². The average Bonchev–Trinajstić information content (AvgIpc) is 2.12. The Balaban J connectivity index is 2.55. The lowest BCUT2D eigenvalue weighted by Gasteiger charge is -2.05. The van der Waals surface area contributed by atoms with Crippen molar-refractivity contribution in [2.24, 2.45) is 4.99 Å². The maximum absolute atomic E-state index is 10.3. The molecule has 1 aliphatic heterocycles. The summed E-state index contributed by atoms with van der Waals surface area (Å²) in [5, 5.41) is 8.44. The molecule has 4 heteroatoms. The molecule has 0 aromatic heterocycles. The second-order valence-corrected chi connectivity index (χ2v) is 1.84. The molecular formula is C6H7NO3. The van der Waals surface area contributed by atoms with Crippen LogP contribution in [0.1, 0.15) is 6.42 Å². The Hall–Kier alpha value is -1.32. The molecule has 0 radical (unpaired) electrons. The van der Waals surface area contributed by atoms with E-state index in [1.807, 2.05) is 0 Å². The molecule has 0 aromatic carbocycles. The Kier molecular flexibility index (Phi) is 2.04. The Morgan fingerprint density at radius 1 is 1.80 bits per heavy atom. The van der Waals surface area contributed by atoms with Gasteiger partial charge in [0.15, 0.2) is 12.5 Å². The summed E-state index contributed by atoms with van der Waals surface area (Å²) >= 11 is 0. The minimum Gasteiger partial charge on any atom is -0.478 e. The lowest BCUT2D eigenvalue weighted by atomic mass is 10.2. The van der Waals surface area contributed by atoms with Gasteiger partial charge in [0.1, 0.15) is 0 Å². The van der Waals surface area contributed by atoms with Crippen LogP contribution in [-0.2, 0) is 9.53 Å². The normalized spacial score (nSPS) is 23.4. The first kappa shape index (κ1) is 6.80. The molecular weight excluding hydrogens is 134 g/mol. The molecule has 54 valence electrons. The van der Waals surface area contributed by atoms with Gasteiger partial charge in [-0.3, -0.25) is 0 Å². The van der Waals surface area contributed by atoms with Gasteiger partial charge in [-0.2, -0.15) is 0 Å². The summed E-state index contributed by atoms with van der Waals surface area (Å²) in [6, 6.07) is 0. The van der Waals surface area contributed by atoms with E-state index in [0.717, 1.165) is 6.40 Å². The first-order chi connectivity index (χ1) is 4.80. The third-order valence-corrected chi connectivity index (χ3v) is 1.10. The molecule has 0 aromatic rings. The number of carboxylic acid groups (broad SMARTS) is 1. The molecule has 0 saturated carbocycles. The fourth-order valence-electron chi connectivity index (χ4n) is 0.604. The molecule has 1 heterocycles.